The summed E-state index contributed by atoms with van der Waals surface area (Å²) in [5, 5.41) is 3.10. The van der Waals surface area contributed by atoms with E-state index in [2.05, 4.69) is 15.2 Å². The van der Waals surface area contributed by atoms with Crippen molar-refractivity contribution in [2.75, 3.05) is 54.6 Å². The molecule has 0 saturated heterocycles. The highest BCUT2D eigenvalue weighted by Gasteiger charge is 2.04. The fourth-order valence-electron chi connectivity index (χ4n) is 1.95. The fourth-order valence-corrected chi connectivity index (χ4v) is 1.95. The van der Waals surface area contributed by atoms with Crippen molar-refractivity contribution in [3.63, 3.8) is 0 Å². The predicted molar refractivity (Wildman–Crippen MR) is 92.2 cm³/mol. The number of nitrogens with zero attached hydrogens (tertiary/aromatic N) is 2. The van der Waals surface area contributed by atoms with E-state index in [-0.39, 0.29) is 0 Å². The maximum absolute atomic E-state index is 5.87. The molecule has 0 aliphatic carbocycles. The van der Waals surface area contributed by atoms with Crippen LogP contribution in [0.3, 0.4) is 0 Å². The molecule has 0 atom stereocenters. The largest absolute Gasteiger partial charge is 0.493 e. The first-order chi connectivity index (χ1) is 11.1. The van der Waals surface area contributed by atoms with Crippen molar-refractivity contribution in [2.45, 2.75) is 6.54 Å². The van der Waals surface area contributed by atoms with Crippen LogP contribution in [-0.2, 0) is 11.3 Å². The standard InChI is InChI=1S/C16H28N4O3/c1-20(9-10-21-2)8-7-18-16(17)19-12-13-5-6-14(22-3)15(11-13)23-4/h5-6,11H,7-10,12H2,1-4H3,(H3,17,18,19). The van der Waals surface area contributed by atoms with Crippen molar-refractivity contribution in [3.8, 4) is 11.5 Å². The first-order valence-corrected chi connectivity index (χ1v) is 7.52. The molecule has 0 aliphatic rings. The van der Waals surface area contributed by atoms with Gasteiger partial charge in [-0.15, -0.1) is 0 Å². The Hall–Kier alpha value is -1.99. The summed E-state index contributed by atoms with van der Waals surface area (Å²) in [4.78, 5) is 6.49. The minimum atomic E-state index is 0.430. The van der Waals surface area contributed by atoms with Crippen molar-refractivity contribution < 1.29 is 14.2 Å². The van der Waals surface area contributed by atoms with Crippen LogP contribution in [0.2, 0.25) is 0 Å². The third kappa shape index (κ3) is 7.21. The van der Waals surface area contributed by atoms with E-state index < -0.39 is 0 Å². The van der Waals surface area contributed by atoms with Gasteiger partial charge in [0, 0.05) is 26.7 Å². The predicted octanol–water partition coefficient (Wildman–Crippen LogP) is 0.686. The summed E-state index contributed by atoms with van der Waals surface area (Å²) in [6.45, 7) is 3.70. The lowest BCUT2D eigenvalue weighted by molar-refractivity contribution is 0.162. The average Bonchev–Trinajstić information content (AvgIpc) is 2.57. The summed E-state index contributed by atoms with van der Waals surface area (Å²) in [7, 11) is 6.96. The molecule has 0 fully saturated rings. The van der Waals surface area contributed by atoms with E-state index in [1.165, 1.54) is 0 Å². The molecule has 0 bridgehead atoms. The minimum absolute atomic E-state index is 0.430. The third-order valence-corrected chi connectivity index (χ3v) is 3.36. The number of nitrogens with two attached hydrogens (primary N) is 1. The number of rotatable bonds is 10. The molecule has 0 radical (unpaired) electrons. The lowest BCUT2D eigenvalue weighted by Crippen LogP contribution is -2.38. The Morgan fingerprint density at radius 2 is 1.91 bits per heavy atom. The van der Waals surface area contributed by atoms with Gasteiger partial charge in [-0.3, -0.25) is 0 Å². The van der Waals surface area contributed by atoms with E-state index in [9.17, 15) is 0 Å². The third-order valence-electron chi connectivity index (χ3n) is 3.36. The van der Waals surface area contributed by atoms with Gasteiger partial charge in [0.1, 0.15) is 0 Å². The maximum atomic E-state index is 5.87. The van der Waals surface area contributed by atoms with Gasteiger partial charge in [-0.25, -0.2) is 4.99 Å². The second-order valence-corrected chi connectivity index (χ2v) is 5.11. The molecule has 7 heteroatoms. The van der Waals surface area contributed by atoms with E-state index in [0.29, 0.717) is 24.0 Å². The first-order valence-electron chi connectivity index (χ1n) is 7.52. The van der Waals surface area contributed by atoms with E-state index in [1.807, 2.05) is 25.2 Å². The van der Waals surface area contributed by atoms with Crippen LogP contribution in [0.5, 0.6) is 11.5 Å². The van der Waals surface area contributed by atoms with Crippen molar-refractivity contribution in [1.29, 1.82) is 0 Å². The van der Waals surface area contributed by atoms with E-state index in [4.69, 9.17) is 19.9 Å². The number of nitrogens with one attached hydrogen (secondary N) is 1. The summed E-state index contributed by atoms with van der Waals surface area (Å²) in [5.41, 5.74) is 6.88. The summed E-state index contributed by atoms with van der Waals surface area (Å²) in [6.07, 6.45) is 0. The maximum Gasteiger partial charge on any atom is 0.188 e. The van der Waals surface area contributed by atoms with Gasteiger partial charge in [-0.2, -0.15) is 0 Å². The summed E-state index contributed by atoms with van der Waals surface area (Å²) < 4.78 is 15.5. The molecule has 0 saturated carbocycles. The fraction of sp³-hybridized carbons (Fsp3) is 0.562. The summed E-state index contributed by atoms with van der Waals surface area (Å²) >= 11 is 0. The monoisotopic (exact) mass is 324 g/mol. The molecule has 0 unspecified atom stereocenters. The SMILES string of the molecule is COCCN(C)CCNC(N)=NCc1ccc(OC)c(OC)c1. The van der Waals surface area contributed by atoms with Gasteiger partial charge in [0.15, 0.2) is 17.5 Å². The summed E-state index contributed by atoms with van der Waals surface area (Å²) in [5.74, 6) is 1.82. The number of hydrogen-bond donors (Lipinski definition) is 2. The van der Waals surface area contributed by atoms with Gasteiger partial charge in [-0.1, -0.05) is 6.07 Å². The van der Waals surface area contributed by atoms with Crippen LogP contribution < -0.4 is 20.5 Å². The molecule has 3 N–H and O–H groups in total. The Morgan fingerprint density at radius 1 is 1.17 bits per heavy atom. The molecular formula is C16H28N4O3. The highest BCUT2D eigenvalue weighted by Crippen LogP contribution is 2.27. The van der Waals surface area contributed by atoms with Crippen molar-refractivity contribution >= 4 is 5.96 Å². The van der Waals surface area contributed by atoms with Crippen LogP contribution in [0.15, 0.2) is 23.2 Å². The van der Waals surface area contributed by atoms with Crippen LogP contribution >= 0.6 is 0 Å². The van der Waals surface area contributed by atoms with Crippen molar-refractivity contribution in [2.24, 2.45) is 10.7 Å². The molecule has 1 rings (SSSR count). The number of hydrogen-bond acceptors (Lipinski definition) is 5. The highest BCUT2D eigenvalue weighted by atomic mass is 16.5. The smallest absolute Gasteiger partial charge is 0.188 e. The molecule has 0 aliphatic heterocycles. The Morgan fingerprint density at radius 3 is 2.57 bits per heavy atom. The van der Waals surface area contributed by atoms with Gasteiger partial charge < -0.3 is 30.2 Å². The Labute approximate surface area is 138 Å². The number of likely N-dealkylation sites (N-methyl/N-ethyl adjacent to an activating group) is 1. The van der Waals surface area contributed by atoms with Crippen molar-refractivity contribution in [3.05, 3.63) is 23.8 Å². The molecule has 0 spiro atoms. The van der Waals surface area contributed by atoms with Gasteiger partial charge in [0.2, 0.25) is 0 Å². The zero-order chi connectivity index (χ0) is 17.1. The van der Waals surface area contributed by atoms with E-state index >= 15 is 0 Å². The molecule has 0 heterocycles. The Kier molecular flexibility index (Phi) is 8.86. The summed E-state index contributed by atoms with van der Waals surface area (Å²) in [6, 6.07) is 5.70. The highest BCUT2D eigenvalue weighted by molar-refractivity contribution is 5.77. The minimum Gasteiger partial charge on any atom is -0.493 e. The number of benzene rings is 1. The second kappa shape index (κ2) is 10.7. The lowest BCUT2D eigenvalue weighted by atomic mass is 10.2. The van der Waals surface area contributed by atoms with E-state index in [0.717, 1.165) is 31.8 Å². The molecule has 7 nitrogen and oxygen atoms in total. The van der Waals surface area contributed by atoms with Crippen LogP contribution in [0.25, 0.3) is 0 Å². The quantitative estimate of drug-likeness (QED) is 0.487. The van der Waals surface area contributed by atoms with Gasteiger partial charge in [0.05, 0.1) is 27.4 Å². The molecular weight excluding hydrogens is 296 g/mol. The number of guanidine groups is 1. The zero-order valence-electron chi connectivity index (χ0n) is 14.5. The van der Waals surface area contributed by atoms with Crippen LogP contribution in [-0.4, -0.2) is 65.5 Å². The lowest BCUT2D eigenvalue weighted by Gasteiger charge is -2.16. The molecule has 0 amide bonds. The van der Waals surface area contributed by atoms with Crippen molar-refractivity contribution in [1.82, 2.24) is 10.2 Å². The Bertz CT molecular complexity index is 494. The number of methoxy groups -OCH3 is 3. The number of aliphatic imine (C=N–C) groups is 1. The zero-order valence-corrected chi connectivity index (χ0v) is 14.5. The molecule has 1 aromatic rings. The average molecular weight is 324 g/mol. The van der Waals surface area contributed by atoms with Gasteiger partial charge in [0.25, 0.3) is 0 Å². The van der Waals surface area contributed by atoms with Gasteiger partial charge >= 0.3 is 0 Å². The molecule has 0 aromatic heterocycles. The molecule has 1 aromatic carbocycles. The normalized spacial score (nSPS) is 11.6. The molecule has 130 valence electrons. The van der Waals surface area contributed by atoms with Crippen LogP contribution in [0, 0.1) is 0 Å². The first kappa shape index (κ1) is 19.1. The number of ether oxygens (including phenoxy) is 3. The van der Waals surface area contributed by atoms with Crippen LogP contribution in [0.4, 0.5) is 0 Å². The van der Waals surface area contributed by atoms with Gasteiger partial charge in [-0.05, 0) is 24.7 Å². The van der Waals surface area contributed by atoms with E-state index in [1.54, 1.807) is 21.3 Å². The topological polar surface area (TPSA) is 81.3 Å². The Balaban J connectivity index is 2.41. The van der Waals surface area contributed by atoms with Crippen LogP contribution in [0.1, 0.15) is 5.56 Å². The second-order valence-electron chi connectivity index (χ2n) is 5.11. The molecule has 23 heavy (non-hydrogen) atoms.